The molecule has 2 heterocycles. The van der Waals surface area contributed by atoms with Crippen LogP contribution in [-0.2, 0) is 4.74 Å². The standard InChI is InChI=1S/C18H23N3O2/c1-12(2)21-10-16(17(11-21)23-3)20-18(22)14-8-13-6-4-5-7-15(13)19-9-14/h4-9,12,16-17H,10-11H2,1-3H3,(H,20,22)/t16-,17-/m1/s1. The summed E-state index contributed by atoms with van der Waals surface area (Å²) in [7, 11) is 1.70. The molecule has 23 heavy (non-hydrogen) atoms. The van der Waals surface area contributed by atoms with Gasteiger partial charge in [0.05, 0.1) is 23.2 Å². The molecule has 0 unspecified atom stereocenters. The van der Waals surface area contributed by atoms with Crippen LogP contribution in [0.4, 0.5) is 0 Å². The van der Waals surface area contributed by atoms with Crippen molar-refractivity contribution in [3.8, 4) is 0 Å². The average Bonchev–Trinajstić information content (AvgIpc) is 2.97. The van der Waals surface area contributed by atoms with Gasteiger partial charge in [-0.1, -0.05) is 18.2 Å². The fraction of sp³-hybridized carbons (Fsp3) is 0.444. The Morgan fingerprint density at radius 3 is 2.87 bits per heavy atom. The SMILES string of the molecule is CO[C@@H]1CN(C(C)C)C[C@H]1NC(=O)c1cnc2ccccc2c1. The van der Waals surface area contributed by atoms with Crippen LogP contribution in [0.25, 0.3) is 10.9 Å². The number of hydrogen-bond donors (Lipinski definition) is 1. The van der Waals surface area contributed by atoms with Gasteiger partial charge in [-0.3, -0.25) is 14.7 Å². The maximum Gasteiger partial charge on any atom is 0.253 e. The monoisotopic (exact) mass is 313 g/mol. The zero-order valence-corrected chi connectivity index (χ0v) is 13.8. The Labute approximate surface area is 136 Å². The van der Waals surface area contributed by atoms with Crippen LogP contribution >= 0.6 is 0 Å². The highest BCUT2D eigenvalue weighted by atomic mass is 16.5. The van der Waals surface area contributed by atoms with E-state index in [0.717, 1.165) is 24.0 Å². The summed E-state index contributed by atoms with van der Waals surface area (Å²) in [5, 5.41) is 4.07. The van der Waals surface area contributed by atoms with Crippen LogP contribution in [0.3, 0.4) is 0 Å². The van der Waals surface area contributed by atoms with Gasteiger partial charge in [0.1, 0.15) is 0 Å². The maximum absolute atomic E-state index is 12.6. The van der Waals surface area contributed by atoms with E-state index in [1.54, 1.807) is 13.3 Å². The number of amides is 1. The molecule has 1 fully saturated rings. The minimum atomic E-state index is -0.0964. The van der Waals surface area contributed by atoms with Crippen LogP contribution in [0.5, 0.6) is 0 Å². The second kappa shape index (κ2) is 6.64. The van der Waals surface area contributed by atoms with E-state index in [-0.39, 0.29) is 18.1 Å². The number of methoxy groups -OCH3 is 1. The Balaban J connectivity index is 1.74. The van der Waals surface area contributed by atoms with Crippen LogP contribution in [0, 0.1) is 0 Å². The molecule has 1 aromatic heterocycles. The summed E-state index contributed by atoms with van der Waals surface area (Å²) in [5.41, 5.74) is 1.48. The van der Waals surface area contributed by atoms with E-state index in [1.165, 1.54) is 0 Å². The lowest BCUT2D eigenvalue weighted by Gasteiger charge is -2.20. The molecule has 0 saturated carbocycles. The fourth-order valence-corrected chi connectivity index (χ4v) is 3.05. The molecule has 0 bridgehead atoms. The third-order valence-electron chi connectivity index (χ3n) is 4.50. The van der Waals surface area contributed by atoms with Gasteiger partial charge in [0.15, 0.2) is 0 Å². The molecule has 1 N–H and O–H groups in total. The topological polar surface area (TPSA) is 54.5 Å². The summed E-state index contributed by atoms with van der Waals surface area (Å²) in [6.07, 6.45) is 1.66. The number of pyridine rings is 1. The molecule has 0 radical (unpaired) electrons. The lowest BCUT2D eigenvalue weighted by Crippen LogP contribution is -2.43. The number of hydrogen-bond acceptors (Lipinski definition) is 4. The number of nitrogens with zero attached hydrogens (tertiary/aromatic N) is 2. The van der Waals surface area contributed by atoms with Crippen molar-refractivity contribution in [3.05, 3.63) is 42.1 Å². The number of nitrogens with one attached hydrogen (secondary N) is 1. The number of carbonyl (C=O) groups is 1. The van der Waals surface area contributed by atoms with E-state index < -0.39 is 0 Å². The second-order valence-corrected chi connectivity index (χ2v) is 6.32. The van der Waals surface area contributed by atoms with Crippen LogP contribution in [0.1, 0.15) is 24.2 Å². The van der Waals surface area contributed by atoms with Gasteiger partial charge >= 0.3 is 0 Å². The molecule has 1 aliphatic rings. The number of carbonyl (C=O) groups excluding carboxylic acids is 1. The molecule has 2 aromatic rings. The third kappa shape index (κ3) is 3.35. The molecule has 5 nitrogen and oxygen atoms in total. The van der Waals surface area contributed by atoms with Crippen LogP contribution in [-0.4, -0.2) is 54.2 Å². The van der Waals surface area contributed by atoms with E-state index >= 15 is 0 Å². The van der Waals surface area contributed by atoms with Gasteiger partial charge in [-0.25, -0.2) is 0 Å². The van der Waals surface area contributed by atoms with Gasteiger partial charge in [-0.15, -0.1) is 0 Å². The van der Waals surface area contributed by atoms with E-state index in [2.05, 4.69) is 29.0 Å². The minimum absolute atomic E-state index is 0.00127. The number of aromatic nitrogens is 1. The molecule has 3 rings (SSSR count). The lowest BCUT2D eigenvalue weighted by molar-refractivity contribution is 0.0753. The summed E-state index contributed by atoms with van der Waals surface area (Å²) >= 11 is 0. The predicted molar refractivity (Wildman–Crippen MR) is 90.5 cm³/mol. The molecular weight excluding hydrogens is 290 g/mol. The zero-order chi connectivity index (χ0) is 16.4. The van der Waals surface area contributed by atoms with E-state index in [4.69, 9.17) is 4.74 Å². The number of benzene rings is 1. The minimum Gasteiger partial charge on any atom is -0.378 e. The molecule has 1 aromatic carbocycles. The molecule has 2 atom stereocenters. The Bertz CT molecular complexity index is 701. The first-order valence-electron chi connectivity index (χ1n) is 8.01. The Morgan fingerprint density at radius 2 is 2.13 bits per heavy atom. The van der Waals surface area contributed by atoms with E-state index in [9.17, 15) is 4.79 Å². The van der Waals surface area contributed by atoms with Crippen molar-refractivity contribution in [2.75, 3.05) is 20.2 Å². The number of para-hydroxylation sites is 1. The Hall–Kier alpha value is -1.98. The maximum atomic E-state index is 12.6. The summed E-state index contributed by atoms with van der Waals surface area (Å²) < 4.78 is 5.54. The number of likely N-dealkylation sites (tertiary alicyclic amines) is 1. The molecule has 1 saturated heterocycles. The van der Waals surface area contributed by atoms with Gasteiger partial charge in [0.25, 0.3) is 5.91 Å². The van der Waals surface area contributed by atoms with Crippen LogP contribution < -0.4 is 5.32 Å². The average molecular weight is 313 g/mol. The Kier molecular flexibility index (Phi) is 4.59. The first-order chi connectivity index (χ1) is 11.1. The summed E-state index contributed by atoms with van der Waals surface area (Å²) in [4.78, 5) is 19.2. The third-order valence-corrected chi connectivity index (χ3v) is 4.50. The smallest absolute Gasteiger partial charge is 0.253 e. The fourth-order valence-electron chi connectivity index (χ4n) is 3.05. The molecule has 0 spiro atoms. The van der Waals surface area contributed by atoms with Gasteiger partial charge in [0, 0.05) is 37.8 Å². The zero-order valence-electron chi connectivity index (χ0n) is 13.8. The summed E-state index contributed by atoms with van der Waals surface area (Å²) in [5.74, 6) is -0.0964. The van der Waals surface area contributed by atoms with Crippen molar-refractivity contribution in [2.24, 2.45) is 0 Å². The van der Waals surface area contributed by atoms with Gasteiger partial charge in [-0.05, 0) is 26.0 Å². The predicted octanol–water partition coefficient (Wildman–Crippen LogP) is 2.07. The van der Waals surface area contributed by atoms with Gasteiger partial charge < -0.3 is 10.1 Å². The van der Waals surface area contributed by atoms with Crippen molar-refractivity contribution < 1.29 is 9.53 Å². The lowest BCUT2D eigenvalue weighted by atomic mass is 10.1. The van der Waals surface area contributed by atoms with Crippen molar-refractivity contribution in [2.45, 2.75) is 32.0 Å². The normalized spacial score (nSPS) is 21.9. The van der Waals surface area contributed by atoms with E-state index in [0.29, 0.717) is 11.6 Å². The first kappa shape index (κ1) is 15.9. The van der Waals surface area contributed by atoms with Crippen molar-refractivity contribution in [1.82, 2.24) is 15.2 Å². The van der Waals surface area contributed by atoms with Crippen LogP contribution in [0.15, 0.2) is 36.5 Å². The molecule has 0 aliphatic carbocycles. The molecule has 5 heteroatoms. The second-order valence-electron chi connectivity index (χ2n) is 6.32. The number of fused-ring (bicyclic) bond motifs is 1. The number of rotatable bonds is 4. The van der Waals surface area contributed by atoms with Crippen molar-refractivity contribution in [1.29, 1.82) is 0 Å². The first-order valence-corrected chi connectivity index (χ1v) is 8.01. The number of ether oxygens (including phenoxy) is 1. The quantitative estimate of drug-likeness (QED) is 0.939. The van der Waals surface area contributed by atoms with Crippen LogP contribution in [0.2, 0.25) is 0 Å². The Morgan fingerprint density at radius 1 is 1.35 bits per heavy atom. The largest absolute Gasteiger partial charge is 0.378 e. The summed E-state index contributed by atoms with van der Waals surface area (Å²) in [6, 6.07) is 10.1. The van der Waals surface area contributed by atoms with Gasteiger partial charge in [0.2, 0.25) is 0 Å². The van der Waals surface area contributed by atoms with Crippen molar-refractivity contribution >= 4 is 16.8 Å². The highest BCUT2D eigenvalue weighted by Gasteiger charge is 2.35. The van der Waals surface area contributed by atoms with Gasteiger partial charge in [-0.2, -0.15) is 0 Å². The molecule has 1 amide bonds. The molecule has 122 valence electrons. The highest BCUT2D eigenvalue weighted by molar-refractivity contribution is 5.97. The highest BCUT2D eigenvalue weighted by Crippen LogP contribution is 2.17. The summed E-state index contributed by atoms with van der Waals surface area (Å²) in [6.45, 7) is 5.96. The molecule has 1 aliphatic heterocycles. The van der Waals surface area contributed by atoms with E-state index in [1.807, 2.05) is 30.3 Å². The molecular formula is C18H23N3O2. The van der Waals surface area contributed by atoms with Crippen molar-refractivity contribution in [3.63, 3.8) is 0 Å².